The largest absolute Gasteiger partial charge is 0.472 e. The predicted molar refractivity (Wildman–Crippen MR) is 170 cm³/mol. The van der Waals surface area contributed by atoms with Crippen LogP contribution in [0.5, 0.6) is 5.88 Å². The van der Waals surface area contributed by atoms with Crippen molar-refractivity contribution in [3.63, 3.8) is 0 Å². The lowest BCUT2D eigenvalue weighted by Crippen LogP contribution is -2.75. The van der Waals surface area contributed by atoms with E-state index in [2.05, 4.69) is 22.6 Å². The van der Waals surface area contributed by atoms with Gasteiger partial charge in [0.2, 0.25) is 5.88 Å². The van der Waals surface area contributed by atoms with Gasteiger partial charge >= 0.3 is 0 Å². The van der Waals surface area contributed by atoms with Gasteiger partial charge in [-0.15, -0.1) is 0 Å². The Labute approximate surface area is 271 Å². The summed E-state index contributed by atoms with van der Waals surface area (Å²) in [4.78, 5) is 12.1. The number of likely N-dealkylation sites (N-methyl/N-ethyl adjacent to an activating group) is 1. The van der Waals surface area contributed by atoms with E-state index < -0.39 is 11.6 Å². The number of alkyl halides is 1. The number of hydrogen-bond donors (Lipinski definition) is 2. The minimum atomic E-state index is -0.887. The third-order valence-corrected chi connectivity index (χ3v) is 11.5. The van der Waals surface area contributed by atoms with Crippen LogP contribution in [-0.4, -0.2) is 87.0 Å². The molecule has 0 amide bonds. The van der Waals surface area contributed by atoms with Gasteiger partial charge in [-0.1, -0.05) is 11.2 Å². The fourth-order valence-electron chi connectivity index (χ4n) is 9.01. The number of aromatic nitrogens is 5. The number of nitriles is 1. The van der Waals surface area contributed by atoms with Crippen LogP contribution in [-0.2, 0) is 23.0 Å². The number of likely N-dealkylation sites (tertiary alicyclic amines) is 1. The van der Waals surface area contributed by atoms with Crippen LogP contribution in [0.2, 0.25) is 0 Å². The first-order chi connectivity index (χ1) is 22.8. The molecular weight excluding hydrogens is 601 g/mol. The van der Waals surface area contributed by atoms with Crippen LogP contribution in [0.25, 0.3) is 22.6 Å². The normalized spacial score (nSPS) is 28.4. The summed E-state index contributed by atoms with van der Waals surface area (Å²) >= 11 is 0. The van der Waals surface area contributed by atoms with Crippen LogP contribution >= 0.6 is 0 Å². The summed E-state index contributed by atoms with van der Waals surface area (Å²) in [5.41, 5.74) is 11.1. The smallest absolute Gasteiger partial charge is 0.228 e. The Balaban J connectivity index is 1.18. The Morgan fingerprint density at radius 1 is 1.21 bits per heavy atom. The Kier molecular flexibility index (Phi) is 6.45. The average Bonchev–Trinajstić information content (AvgIpc) is 3.73. The Bertz CT molecular complexity index is 1940. The van der Waals surface area contributed by atoms with E-state index in [0.29, 0.717) is 65.9 Å². The average molecular weight is 640 g/mol. The Morgan fingerprint density at radius 2 is 2.04 bits per heavy atom. The molecular formula is C34H38FN9O3. The van der Waals surface area contributed by atoms with Gasteiger partial charge in [0.25, 0.3) is 0 Å². The molecule has 2 spiro atoms. The highest BCUT2D eigenvalue weighted by atomic mass is 19.1. The van der Waals surface area contributed by atoms with E-state index >= 15 is 0 Å². The van der Waals surface area contributed by atoms with Crippen LogP contribution < -0.4 is 15.8 Å². The van der Waals surface area contributed by atoms with Crippen molar-refractivity contribution in [1.82, 2.24) is 35.1 Å². The molecule has 0 saturated carbocycles. The monoisotopic (exact) mass is 639 g/mol. The Morgan fingerprint density at radius 3 is 2.74 bits per heavy atom. The number of nitrogens with two attached hydrogens (primary N) is 1. The summed E-state index contributed by atoms with van der Waals surface area (Å²) in [5.74, 6) is 1.59. The van der Waals surface area contributed by atoms with Gasteiger partial charge in [0, 0.05) is 30.4 Å². The number of fused-ring (bicyclic) bond motifs is 5. The van der Waals surface area contributed by atoms with Gasteiger partial charge in [0.1, 0.15) is 23.7 Å². The first-order valence-corrected chi connectivity index (χ1v) is 16.7. The number of halogens is 1. The summed E-state index contributed by atoms with van der Waals surface area (Å²) in [6, 6.07) is 6.28. The van der Waals surface area contributed by atoms with E-state index in [0.717, 1.165) is 67.5 Å². The highest BCUT2D eigenvalue weighted by molar-refractivity contribution is 5.82. The molecule has 12 nitrogen and oxygen atoms in total. The topological polar surface area (TPSA) is 153 Å². The van der Waals surface area contributed by atoms with Gasteiger partial charge in [-0.2, -0.15) is 15.3 Å². The van der Waals surface area contributed by atoms with Crippen molar-refractivity contribution in [2.45, 2.75) is 87.2 Å². The van der Waals surface area contributed by atoms with Gasteiger partial charge in [-0.25, -0.2) is 14.1 Å². The molecule has 5 atom stereocenters. The quantitative estimate of drug-likeness (QED) is 0.308. The number of anilines is 1. The SMILES string of the molecule is C[C@H](Oc1nc(-c2noc3c2CCC[C@@]32CCCc3ccc(N)c(C#N)c32)nc2c1cnn2[C@@H]1CNC12COC2)[C@@H]1C[C@@H](F)CN1C. The molecule has 0 unspecified atom stereocenters. The molecule has 9 rings (SSSR count). The number of nitrogen functional groups attached to an aromatic ring is 1. The minimum absolute atomic E-state index is 0.0677. The van der Waals surface area contributed by atoms with E-state index in [-0.39, 0.29) is 23.7 Å². The van der Waals surface area contributed by atoms with E-state index in [4.69, 9.17) is 34.8 Å². The van der Waals surface area contributed by atoms with Gasteiger partial charge in [-0.05, 0) is 76.1 Å². The molecule has 4 aromatic rings. The maximum Gasteiger partial charge on any atom is 0.228 e. The van der Waals surface area contributed by atoms with Crippen LogP contribution in [0, 0.1) is 11.3 Å². The van der Waals surface area contributed by atoms with Crippen molar-refractivity contribution in [2.75, 3.05) is 39.1 Å². The number of nitrogens with zero attached hydrogens (tertiary/aromatic N) is 7. The third-order valence-electron chi connectivity index (χ3n) is 11.5. The van der Waals surface area contributed by atoms with Crippen molar-refractivity contribution >= 4 is 16.7 Å². The fourth-order valence-corrected chi connectivity index (χ4v) is 9.01. The minimum Gasteiger partial charge on any atom is -0.472 e. The van der Waals surface area contributed by atoms with Gasteiger partial charge in [0.15, 0.2) is 22.9 Å². The number of nitrogens with one attached hydrogen (secondary N) is 1. The van der Waals surface area contributed by atoms with Crippen LogP contribution in [0.15, 0.2) is 22.9 Å². The van der Waals surface area contributed by atoms with Crippen molar-refractivity contribution in [2.24, 2.45) is 0 Å². The molecule has 0 bridgehead atoms. The zero-order chi connectivity index (χ0) is 32.1. The molecule has 13 heteroatoms. The fraction of sp³-hybridized carbons (Fsp3) is 0.559. The molecule has 1 aromatic carbocycles. The van der Waals surface area contributed by atoms with Crippen molar-refractivity contribution in [3.8, 4) is 23.5 Å². The molecule has 5 aliphatic rings. The zero-order valence-corrected chi connectivity index (χ0v) is 26.6. The van der Waals surface area contributed by atoms with E-state index in [1.54, 1.807) is 6.20 Å². The lowest BCUT2D eigenvalue weighted by Gasteiger charge is -2.55. The van der Waals surface area contributed by atoms with Crippen LogP contribution in [0.3, 0.4) is 0 Å². The molecule has 3 aliphatic heterocycles. The van der Waals surface area contributed by atoms with Crippen LogP contribution in [0.4, 0.5) is 10.1 Å². The van der Waals surface area contributed by atoms with E-state index in [1.807, 2.05) is 29.6 Å². The molecule has 6 heterocycles. The Hall–Kier alpha value is -4.12. The standard InChI is InChI=1S/C34H38FN9O3/c1-18(25-11-20(35)15-43(25)2)46-32-23-13-39-44(26-14-38-34(26)16-45-17-34)31(23)40-30(41-32)28-21-6-4-10-33(29(21)47-42-28)9-3-5-19-7-8-24(37)22(12-36)27(19)33/h7-8,13,18,20,25-26,38H,3-6,9-11,14-17,37H2,1-2H3/t18-,20+,25-,26+,33+/m0/s1. The first-order valence-electron chi connectivity index (χ1n) is 16.7. The van der Waals surface area contributed by atoms with Crippen molar-refractivity contribution in [3.05, 3.63) is 46.3 Å². The van der Waals surface area contributed by atoms with Gasteiger partial charge in [-0.3, -0.25) is 4.90 Å². The second-order valence-electron chi connectivity index (χ2n) is 14.2. The second-order valence-corrected chi connectivity index (χ2v) is 14.2. The summed E-state index contributed by atoms with van der Waals surface area (Å²) in [6.07, 6.45) is 6.18. The molecule has 2 aliphatic carbocycles. The molecule has 47 heavy (non-hydrogen) atoms. The number of rotatable bonds is 5. The van der Waals surface area contributed by atoms with Gasteiger partial charge in [0.05, 0.1) is 42.0 Å². The maximum atomic E-state index is 14.4. The molecule has 244 valence electrons. The van der Waals surface area contributed by atoms with E-state index in [9.17, 15) is 9.65 Å². The zero-order valence-electron chi connectivity index (χ0n) is 26.6. The summed E-state index contributed by atoms with van der Waals surface area (Å²) < 4.78 is 34.8. The van der Waals surface area contributed by atoms with Crippen molar-refractivity contribution in [1.29, 1.82) is 5.26 Å². The molecule has 3 N–H and O–H groups in total. The van der Waals surface area contributed by atoms with Gasteiger partial charge < -0.3 is 25.0 Å². The maximum absolute atomic E-state index is 14.4. The van der Waals surface area contributed by atoms with E-state index in [1.165, 1.54) is 0 Å². The first kappa shape index (κ1) is 29.1. The highest BCUT2D eigenvalue weighted by Gasteiger charge is 2.54. The highest BCUT2D eigenvalue weighted by Crippen LogP contribution is 2.53. The lowest BCUT2D eigenvalue weighted by atomic mass is 9.61. The summed E-state index contributed by atoms with van der Waals surface area (Å²) in [7, 11) is 1.93. The number of ether oxygens (including phenoxy) is 2. The van der Waals surface area contributed by atoms with Crippen LogP contribution in [0.1, 0.15) is 73.1 Å². The molecule has 3 fully saturated rings. The molecule has 0 radical (unpaired) electrons. The number of aryl methyl sites for hydroxylation is 1. The summed E-state index contributed by atoms with van der Waals surface area (Å²) in [5, 5.41) is 23.9. The third kappa shape index (κ3) is 4.14. The second kappa shape index (κ2) is 10.4. The molecule has 3 saturated heterocycles. The number of benzene rings is 1. The summed E-state index contributed by atoms with van der Waals surface area (Å²) in [6.45, 7) is 4.34. The van der Waals surface area contributed by atoms with Crippen molar-refractivity contribution < 1.29 is 18.4 Å². The molecule has 3 aromatic heterocycles. The number of hydrogen-bond acceptors (Lipinski definition) is 11. The lowest BCUT2D eigenvalue weighted by molar-refractivity contribution is -0.139. The predicted octanol–water partition coefficient (Wildman–Crippen LogP) is 3.62.